The molecule has 6 nitrogen and oxygen atoms in total. The summed E-state index contributed by atoms with van der Waals surface area (Å²) in [7, 11) is 0. The Labute approximate surface area is 91.1 Å². The number of nitrogens with one attached hydrogen (secondary N) is 1. The number of aromatic hydroxyl groups is 1. The van der Waals surface area contributed by atoms with Crippen LogP contribution >= 0.6 is 0 Å². The smallest absolute Gasteiger partial charge is 0.338 e. The highest BCUT2D eigenvalue weighted by molar-refractivity contribution is 5.87. The first kappa shape index (κ1) is 10.4. The molecule has 0 fully saturated rings. The highest BCUT2D eigenvalue weighted by Crippen LogP contribution is 2.33. The van der Waals surface area contributed by atoms with E-state index in [1.807, 2.05) is 13.8 Å². The molecule has 2 N–H and O–H groups in total. The third kappa shape index (κ3) is 1.48. The number of hydrogen-bond donors (Lipinski definition) is 2. The van der Waals surface area contributed by atoms with E-state index in [1.165, 1.54) is 6.07 Å². The van der Waals surface area contributed by atoms with Gasteiger partial charge in [0.2, 0.25) is 0 Å². The topological polar surface area (TPSA) is 92.1 Å². The average molecular weight is 221 g/mol. The molecule has 6 heteroatoms. The van der Waals surface area contributed by atoms with E-state index < -0.39 is 4.92 Å². The van der Waals surface area contributed by atoms with Crippen molar-refractivity contribution in [3.8, 4) is 5.75 Å². The molecule has 0 unspecified atom stereocenters. The molecule has 0 bridgehead atoms. The van der Waals surface area contributed by atoms with E-state index in [2.05, 4.69) is 9.97 Å². The molecule has 0 saturated heterocycles. The third-order valence-corrected chi connectivity index (χ3v) is 2.35. The number of aromatic nitrogens is 2. The number of nitro benzene ring substituents is 1. The van der Waals surface area contributed by atoms with Gasteiger partial charge in [0.1, 0.15) is 5.82 Å². The highest BCUT2D eigenvalue weighted by Gasteiger charge is 2.21. The minimum atomic E-state index is -0.622. The van der Waals surface area contributed by atoms with Crippen molar-refractivity contribution in [2.45, 2.75) is 19.8 Å². The van der Waals surface area contributed by atoms with Gasteiger partial charge in [-0.3, -0.25) is 10.1 Å². The minimum absolute atomic E-state index is 0.147. The number of nitrogens with zero attached hydrogens (tertiary/aromatic N) is 2. The molecule has 0 spiro atoms. The summed E-state index contributed by atoms with van der Waals surface area (Å²) in [4.78, 5) is 17.3. The van der Waals surface area contributed by atoms with Crippen LogP contribution in [-0.4, -0.2) is 20.0 Å². The summed E-state index contributed by atoms with van der Waals surface area (Å²) in [6.45, 7) is 3.87. The number of imidazole rings is 1. The van der Waals surface area contributed by atoms with Crippen LogP contribution in [0.3, 0.4) is 0 Å². The molecule has 0 radical (unpaired) electrons. The molecule has 2 aromatic rings. The zero-order valence-corrected chi connectivity index (χ0v) is 8.89. The van der Waals surface area contributed by atoms with Crippen LogP contribution in [0, 0.1) is 10.1 Å². The fraction of sp³-hybridized carbons (Fsp3) is 0.300. The summed E-state index contributed by atoms with van der Waals surface area (Å²) >= 11 is 0. The third-order valence-electron chi connectivity index (χ3n) is 2.35. The normalized spacial score (nSPS) is 11.2. The van der Waals surface area contributed by atoms with Gasteiger partial charge in [0, 0.05) is 5.92 Å². The van der Waals surface area contributed by atoms with Crippen molar-refractivity contribution >= 4 is 16.7 Å². The Hall–Kier alpha value is -2.11. The van der Waals surface area contributed by atoms with Crippen molar-refractivity contribution in [3.05, 3.63) is 28.1 Å². The number of benzene rings is 1. The van der Waals surface area contributed by atoms with E-state index in [1.54, 1.807) is 6.07 Å². The van der Waals surface area contributed by atoms with E-state index >= 15 is 0 Å². The number of fused-ring (bicyclic) bond motifs is 1. The Morgan fingerprint density at radius 1 is 1.50 bits per heavy atom. The molecular weight excluding hydrogens is 210 g/mol. The number of rotatable bonds is 2. The molecular formula is C10H11N3O3. The molecule has 1 aromatic heterocycles. The van der Waals surface area contributed by atoms with Gasteiger partial charge in [-0.2, -0.15) is 0 Å². The van der Waals surface area contributed by atoms with Crippen molar-refractivity contribution in [3.63, 3.8) is 0 Å². The summed E-state index contributed by atoms with van der Waals surface area (Å²) < 4.78 is 0. The summed E-state index contributed by atoms with van der Waals surface area (Å²) in [5.74, 6) is 0.456. The number of nitro groups is 1. The van der Waals surface area contributed by atoms with Gasteiger partial charge in [-0.05, 0) is 12.1 Å². The van der Waals surface area contributed by atoms with Gasteiger partial charge in [-0.25, -0.2) is 4.98 Å². The van der Waals surface area contributed by atoms with Crippen LogP contribution in [0.25, 0.3) is 11.0 Å². The molecule has 1 aromatic carbocycles. The summed E-state index contributed by atoms with van der Waals surface area (Å²) in [6, 6.07) is 2.87. The second-order valence-corrected chi connectivity index (χ2v) is 3.86. The van der Waals surface area contributed by atoms with Gasteiger partial charge in [0.05, 0.1) is 10.4 Å². The quantitative estimate of drug-likeness (QED) is 0.601. The predicted octanol–water partition coefficient (Wildman–Crippen LogP) is 2.30. The molecule has 0 aliphatic heterocycles. The SMILES string of the molecule is CC(C)c1nc2c([N+](=O)[O-])c(O)ccc2[nH]1. The van der Waals surface area contributed by atoms with E-state index in [0.717, 1.165) is 0 Å². The molecule has 0 aliphatic rings. The number of hydrogen-bond acceptors (Lipinski definition) is 4. The fourth-order valence-corrected chi connectivity index (χ4v) is 1.52. The Bertz CT molecular complexity index is 560. The molecule has 16 heavy (non-hydrogen) atoms. The van der Waals surface area contributed by atoms with Crippen molar-refractivity contribution in [2.24, 2.45) is 0 Å². The van der Waals surface area contributed by atoms with Crippen molar-refractivity contribution < 1.29 is 10.0 Å². The average Bonchev–Trinajstić information content (AvgIpc) is 2.60. The second-order valence-electron chi connectivity index (χ2n) is 3.86. The maximum Gasteiger partial charge on any atom is 0.338 e. The first-order valence-electron chi connectivity index (χ1n) is 4.86. The monoisotopic (exact) mass is 221 g/mol. The first-order chi connectivity index (χ1) is 7.50. The summed E-state index contributed by atoms with van der Waals surface area (Å²) in [6.07, 6.45) is 0. The van der Waals surface area contributed by atoms with Crippen LogP contribution in [0.2, 0.25) is 0 Å². The molecule has 0 aliphatic carbocycles. The Kier molecular flexibility index (Phi) is 2.26. The van der Waals surface area contributed by atoms with Gasteiger partial charge in [0.15, 0.2) is 11.3 Å². The number of aromatic amines is 1. The van der Waals surface area contributed by atoms with E-state index in [9.17, 15) is 15.2 Å². The fourth-order valence-electron chi connectivity index (χ4n) is 1.52. The van der Waals surface area contributed by atoms with E-state index in [0.29, 0.717) is 11.3 Å². The maximum absolute atomic E-state index is 10.8. The number of phenolic OH excluding ortho intramolecular Hbond substituents is 1. The zero-order chi connectivity index (χ0) is 11.9. The standard InChI is InChI=1S/C10H11N3O3/c1-5(2)10-11-6-3-4-7(14)9(13(15)16)8(6)12-10/h3-5,14H,1-2H3,(H,11,12). The van der Waals surface area contributed by atoms with Crippen LogP contribution < -0.4 is 0 Å². The lowest BCUT2D eigenvalue weighted by Gasteiger charge is -1.95. The van der Waals surface area contributed by atoms with Crippen molar-refractivity contribution in [1.82, 2.24) is 9.97 Å². The first-order valence-corrected chi connectivity index (χ1v) is 4.86. The van der Waals surface area contributed by atoms with Crippen LogP contribution in [0.1, 0.15) is 25.6 Å². The molecule has 2 rings (SSSR count). The molecule has 1 heterocycles. The van der Waals surface area contributed by atoms with Gasteiger partial charge in [-0.15, -0.1) is 0 Å². The maximum atomic E-state index is 10.8. The Balaban J connectivity index is 2.77. The van der Waals surface area contributed by atoms with Crippen LogP contribution in [0.15, 0.2) is 12.1 Å². The predicted molar refractivity (Wildman–Crippen MR) is 58.5 cm³/mol. The van der Waals surface area contributed by atoms with Crippen molar-refractivity contribution in [1.29, 1.82) is 0 Å². The molecule has 84 valence electrons. The van der Waals surface area contributed by atoms with E-state index in [4.69, 9.17) is 0 Å². The lowest BCUT2D eigenvalue weighted by Crippen LogP contribution is -1.91. The Morgan fingerprint density at radius 2 is 2.19 bits per heavy atom. The van der Waals surface area contributed by atoms with Gasteiger partial charge >= 0.3 is 5.69 Å². The number of H-pyrrole nitrogens is 1. The van der Waals surface area contributed by atoms with E-state index in [-0.39, 0.29) is 22.9 Å². The Morgan fingerprint density at radius 3 is 2.75 bits per heavy atom. The van der Waals surface area contributed by atoms with Crippen LogP contribution in [0.5, 0.6) is 5.75 Å². The minimum Gasteiger partial charge on any atom is -0.502 e. The van der Waals surface area contributed by atoms with Gasteiger partial charge in [0.25, 0.3) is 0 Å². The number of phenols is 1. The summed E-state index contributed by atoms with van der Waals surface area (Å²) in [5.41, 5.74) is 0.419. The van der Waals surface area contributed by atoms with Gasteiger partial charge in [-0.1, -0.05) is 13.8 Å². The zero-order valence-electron chi connectivity index (χ0n) is 8.89. The molecule has 0 amide bonds. The largest absolute Gasteiger partial charge is 0.502 e. The molecule has 0 saturated carbocycles. The highest BCUT2D eigenvalue weighted by atomic mass is 16.6. The lowest BCUT2D eigenvalue weighted by molar-refractivity contribution is -0.384. The molecule has 0 atom stereocenters. The van der Waals surface area contributed by atoms with Gasteiger partial charge < -0.3 is 10.1 Å². The van der Waals surface area contributed by atoms with Crippen LogP contribution in [0.4, 0.5) is 5.69 Å². The lowest BCUT2D eigenvalue weighted by atomic mass is 10.2. The summed E-state index contributed by atoms with van der Waals surface area (Å²) in [5, 5.41) is 20.2. The van der Waals surface area contributed by atoms with Crippen molar-refractivity contribution in [2.75, 3.05) is 0 Å². The second kappa shape index (κ2) is 3.48. The van der Waals surface area contributed by atoms with Crippen LogP contribution in [-0.2, 0) is 0 Å².